The minimum Gasteiger partial charge on any atom is -0.359 e. The summed E-state index contributed by atoms with van der Waals surface area (Å²) in [6.45, 7) is 2.69. The molecule has 4 heteroatoms. The minimum absolute atomic E-state index is 0.0158. The van der Waals surface area contributed by atoms with E-state index in [1.807, 2.05) is 32.2 Å². The van der Waals surface area contributed by atoms with Crippen LogP contribution in [0.3, 0.4) is 0 Å². The van der Waals surface area contributed by atoms with Crippen LogP contribution in [-0.4, -0.2) is 37.5 Å². The molecule has 1 rings (SSSR count). The lowest BCUT2D eigenvalue weighted by molar-refractivity contribution is -0.121. The molecule has 100 valence electrons. The molecule has 2 atom stereocenters. The van der Waals surface area contributed by atoms with Crippen LogP contribution in [0.1, 0.15) is 24.9 Å². The van der Waals surface area contributed by atoms with E-state index in [9.17, 15) is 4.79 Å². The van der Waals surface area contributed by atoms with Crippen LogP contribution in [0.5, 0.6) is 0 Å². The number of hydrogen-bond donors (Lipinski definition) is 2. The van der Waals surface area contributed by atoms with E-state index in [0.29, 0.717) is 13.0 Å². The first-order valence-corrected chi connectivity index (χ1v) is 6.27. The summed E-state index contributed by atoms with van der Waals surface area (Å²) in [5.41, 5.74) is 7.25. The summed E-state index contributed by atoms with van der Waals surface area (Å²) in [6.07, 6.45) is 0.489. The summed E-state index contributed by atoms with van der Waals surface area (Å²) in [7, 11) is 3.66. The third kappa shape index (κ3) is 4.13. The zero-order valence-electron chi connectivity index (χ0n) is 11.4. The Kier molecular flexibility index (Phi) is 5.82. The van der Waals surface area contributed by atoms with E-state index in [4.69, 9.17) is 5.73 Å². The maximum Gasteiger partial charge on any atom is 0.221 e. The van der Waals surface area contributed by atoms with E-state index in [1.165, 1.54) is 5.56 Å². The average molecular weight is 249 g/mol. The number of nitrogens with zero attached hydrogens (tertiary/aromatic N) is 1. The lowest BCUT2D eigenvalue weighted by Gasteiger charge is -2.31. The molecular formula is C14H23N3O. The Morgan fingerprint density at radius 3 is 2.50 bits per heavy atom. The van der Waals surface area contributed by atoms with E-state index in [2.05, 4.69) is 22.3 Å². The van der Waals surface area contributed by atoms with Crippen molar-refractivity contribution in [1.82, 2.24) is 10.2 Å². The van der Waals surface area contributed by atoms with Gasteiger partial charge in [-0.2, -0.15) is 0 Å². The molecule has 0 heterocycles. The standard InChI is InChI=1S/C14H23N3O/c1-11(15)14(12-7-5-4-6-8-12)17(3)10-9-13(18)16-2/h4-8,11,14H,9-10,15H2,1-3H3,(H,16,18). The number of nitrogens with one attached hydrogen (secondary N) is 1. The van der Waals surface area contributed by atoms with Crippen molar-refractivity contribution in [3.63, 3.8) is 0 Å². The highest BCUT2D eigenvalue weighted by atomic mass is 16.1. The number of rotatable bonds is 6. The van der Waals surface area contributed by atoms with Crippen LogP contribution in [0.15, 0.2) is 30.3 Å². The Morgan fingerprint density at radius 2 is 2.00 bits per heavy atom. The third-order valence-electron chi connectivity index (χ3n) is 3.08. The monoisotopic (exact) mass is 249 g/mol. The lowest BCUT2D eigenvalue weighted by Crippen LogP contribution is -2.38. The SMILES string of the molecule is CNC(=O)CCN(C)C(c1ccccc1)C(C)N. The molecule has 0 saturated carbocycles. The van der Waals surface area contributed by atoms with E-state index in [-0.39, 0.29) is 18.0 Å². The number of carbonyl (C=O) groups excluding carboxylic acids is 1. The summed E-state index contributed by atoms with van der Waals surface area (Å²) >= 11 is 0. The average Bonchev–Trinajstić information content (AvgIpc) is 2.37. The Bertz CT molecular complexity index is 365. The van der Waals surface area contributed by atoms with Crippen molar-refractivity contribution >= 4 is 5.91 Å². The summed E-state index contributed by atoms with van der Waals surface area (Å²) in [5, 5.41) is 2.63. The molecule has 0 fully saturated rings. The number of likely N-dealkylation sites (N-methyl/N-ethyl adjacent to an activating group) is 1. The molecule has 0 aliphatic heterocycles. The third-order valence-corrected chi connectivity index (χ3v) is 3.08. The van der Waals surface area contributed by atoms with Crippen molar-refractivity contribution in [2.24, 2.45) is 5.73 Å². The normalized spacial score (nSPS) is 14.3. The number of carbonyl (C=O) groups is 1. The topological polar surface area (TPSA) is 58.4 Å². The molecule has 1 aromatic carbocycles. The molecule has 0 radical (unpaired) electrons. The van der Waals surface area contributed by atoms with E-state index in [1.54, 1.807) is 7.05 Å². The highest BCUT2D eigenvalue weighted by Crippen LogP contribution is 2.21. The fourth-order valence-corrected chi connectivity index (χ4v) is 2.15. The zero-order chi connectivity index (χ0) is 13.5. The molecule has 18 heavy (non-hydrogen) atoms. The van der Waals surface area contributed by atoms with Gasteiger partial charge in [0.1, 0.15) is 0 Å². The van der Waals surface area contributed by atoms with Crippen LogP contribution >= 0.6 is 0 Å². The first kappa shape index (κ1) is 14.7. The van der Waals surface area contributed by atoms with Crippen molar-refractivity contribution in [3.8, 4) is 0 Å². The van der Waals surface area contributed by atoms with E-state index < -0.39 is 0 Å². The lowest BCUT2D eigenvalue weighted by atomic mass is 9.99. The van der Waals surface area contributed by atoms with Gasteiger partial charge in [0.15, 0.2) is 0 Å². The van der Waals surface area contributed by atoms with Gasteiger partial charge >= 0.3 is 0 Å². The quantitative estimate of drug-likeness (QED) is 0.795. The first-order chi connectivity index (χ1) is 8.56. The number of amides is 1. The molecule has 1 aromatic rings. The molecule has 0 saturated heterocycles. The number of benzene rings is 1. The van der Waals surface area contributed by atoms with Crippen LogP contribution < -0.4 is 11.1 Å². The summed E-state index contributed by atoms with van der Waals surface area (Å²) in [5.74, 6) is 0.0540. The van der Waals surface area contributed by atoms with Gasteiger partial charge in [-0.15, -0.1) is 0 Å². The molecule has 3 N–H and O–H groups in total. The van der Waals surface area contributed by atoms with Crippen molar-refractivity contribution in [2.45, 2.75) is 25.4 Å². The van der Waals surface area contributed by atoms with Crippen LogP contribution in [0.25, 0.3) is 0 Å². The molecule has 0 aliphatic rings. The second-order valence-electron chi connectivity index (χ2n) is 4.62. The fourth-order valence-electron chi connectivity index (χ4n) is 2.15. The molecule has 1 amide bonds. The smallest absolute Gasteiger partial charge is 0.221 e. The Morgan fingerprint density at radius 1 is 1.39 bits per heavy atom. The van der Waals surface area contributed by atoms with Gasteiger partial charge in [-0.05, 0) is 19.5 Å². The zero-order valence-corrected chi connectivity index (χ0v) is 11.4. The highest BCUT2D eigenvalue weighted by Gasteiger charge is 2.21. The Balaban J connectivity index is 2.71. The van der Waals surface area contributed by atoms with Crippen molar-refractivity contribution in [2.75, 3.05) is 20.6 Å². The van der Waals surface area contributed by atoms with Gasteiger partial charge in [0.05, 0.1) is 0 Å². The molecule has 0 aromatic heterocycles. The molecule has 0 bridgehead atoms. The van der Waals surface area contributed by atoms with Gasteiger partial charge in [-0.3, -0.25) is 9.69 Å². The highest BCUT2D eigenvalue weighted by molar-refractivity contribution is 5.75. The van der Waals surface area contributed by atoms with Gasteiger partial charge in [0.2, 0.25) is 5.91 Å². The summed E-state index contributed by atoms with van der Waals surface area (Å²) < 4.78 is 0. The van der Waals surface area contributed by atoms with Gasteiger partial charge in [0, 0.05) is 32.1 Å². The van der Waals surface area contributed by atoms with Crippen LogP contribution in [0, 0.1) is 0 Å². The predicted molar refractivity (Wildman–Crippen MR) is 74.1 cm³/mol. The largest absolute Gasteiger partial charge is 0.359 e. The van der Waals surface area contributed by atoms with Gasteiger partial charge in [-0.25, -0.2) is 0 Å². The summed E-state index contributed by atoms with van der Waals surface area (Å²) in [4.78, 5) is 13.4. The molecular weight excluding hydrogens is 226 g/mol. The van der Waals surface area contributed by atoms with Crippen LogP contribution in [0.2, 0.25) is 0 Å². The van der Waals surface area contributed by atoms with Gasteiger partial charge < -0.3 is 11.1 Å². The fraction of sp³-hybridized carbons (Fsp3) is 0.500. The molecule has 2 unspecified atom stereocenters. The van der Waals surface area contributed by atoms with Gasteiger partial charge in [-0.1, -0.05) is 30.3 Å². The number of nitrogens with two attached hydrogens (primary N) is 1. The molecule has 4 nitrogen and oxygen atoms in total. The second kappa shape index (κ2) is 7.13. The van der Waals surface area contributed by atoms with Crippen molar-refractivity contribution in [3.05, 3.63) is 35.9 Å². The first-order valence-electron chi connectivity index (χ1n) is 6.27. The number of hydrogen-bond acceptors (Lipinski definition) is 3. The van der Waals surface area contributed by atoms with Gasteiger partial charge in [0.25, 0.3) is 0 Å². The Hall–Kier alpha value is -1.39. The van der Waals surface area contributed by atoms with E-state index >= 15 is 0 Å². The Labute approximate surface area is 109 Å². The van der Waals surface area contributed by atoms with Crippen LogP contribution in [0.4, 0.5) is 0 Å². The van der Waals surface area contributed by atoms with Crippen molar-refractivity contribution in [1.29, 1.82) is 0 Å². The minimum atomic E-state index is 0.0158. The van der Waals surface area contributed by atoms with E-state index in [0.717, 1.165) is 0 Å². The second-order valence-corrected chi connectivity index (χ2v) is 4.62. The molecule has 0 aliphatic carbocycles. The predicted octanol–water partition coefficient (Wildman–Crippen LogP) is 1.14. The maximum absolute atomic E-state index is 11.3. The molecule has 0 spiro atoms. The van der Waals surface area contributed by atoms with Crippen molar-refractivity contribution < 1.29 is 4.79 Å². The maximum atomic E-state index is 11.3. The van der Waals surface area contributed by atoms with Crippen LogP contribution in [-0.2, 0) is 4.79 Å². The summed E-state index contributed by atoms with van der Waals surface area (Å²) in [6, 6.07) is 10.3.